The zero-order valence-electron chi connectivity index (χ0n) is 12.7. The molecule has 1 fully saturated rings. The highest BCUT2D eigenvalue weighted by Gasteiger charge is 2.35. The number of hydrogen-bond donors (Lipinski definition) is 1. The maximum Gasteiger partial charge on any atom is 0.227 e. The van der Waals surface area contributed by atoms with E-state index >= 15 is 0 Å². The molecule has 1 aliphatic heterocycles. The molecule has 0 aliphatic carbocycles. The molecule has 1 aliphatic rings. The smallest absolute Gasteiger partial charge is 0.227 e. The number of pyridine rings is 1. The third-order valence-electron chi connectivity index (χ3n) is 3.93. The fourth-order valence-electron chi connectivity index (χ4n) is 2.62. The van der Waals surface area contributed by atoms with Gasteiger partial charge in [0.1, 0.15) is 5.82 Å². The van der Waals surface area contributed by atoms with Gasteiger partial charge in [-0.15, -0.1) is 0 Å². The lowest BCUT2D eigenvalue weighted by atomic mass is 10.1. The number of hydrogen-bond acceptors (Lipinski definition) is 3. The van der Waals surface area contributed by atoms with E-state index in [-0.39, 0.29) is 29.8 Å². The van der Waals surface area contributed by atoms with Crippen LogP contribution in [0.5, 0.6) is 0 Å². The van der Waals surface area contributed by atoms with Crippen molar-refractivity contribution in [3.05, 3.63) is 59.1 Å². The Kier molecular flexibility index (Phi) is 4.76. The summed E-state index contributed by atoms with van der Waals surface area (Å²) >= 11 is 5.76. The summed E-state index contributed by atoms with van der Waals surface area (Å²) in [4.78, 5) is 29.8. The molecule has 0 unspecified atom stereocenters. The van der Waals surface area contributed by atoms with Crippen LogP contribution in [0.2, 0.25) is 5.02 Å². The topological polar surface area (TPSA) is 62.3 Å². The van der Waals surface area contributed by atoms with Gasteiger partial charge in [-0.1, -0.05) is 11.6 Å². The Morgan fingerprint density at radius 3 is 2.79 bits per heavy atom. The van der Waals surface area contributed by atoms with Crippen LogP contribution in [0.4, 0.5) is 10.1 Å². The standard InChI is InChI=1S/C17H15ClFN3O2/c18-14-8-13(1-2-15(14)19)22-10-12(7-16(22)23)17(24)21-9-11-3-5-20-6-4-11/h1-6,8,12H,7,9-10H2,(H,21,24)/t12-/m0/s1. The average molecular weight is 348 g/mol. The van der Waals surface area contributed by atoms with Crippen LogP contribution in [0.3, 0.4) is 0 Å². The van der Waals surface area contributed by atoms with Crippen LogP contribution in [0.1, 0.15) is 12.0 Å². The fraction of sp³-hybridized carbons (Fsp3) is 0.235. The highest BCUT2D eigenvalue weighted by Crippen LogP contribution is 2.28. The first kappa shape index (κ1) is 16.4. The Bertz CT molecular complexity index is 770. The van der Waals surface area contributed by atoms with Crippen LogP contribution in [0.15, 0.2) is 42.7 Å². The second-order valence-corrected chi connectivity index (χ2v) is 5.98. The molecule has 2 aromatic rings. The van der Waals surface area contributed by atoms with Gasteiger partial charge in [0.25, 0.3) is 0 Å². The molecule has 0 spiro atoms. The molecule has 3 rings (SSSR count). The van der Waals surface area contributed by atoms with Crippen molar-refractivity contribution >= 4 is 29.1 Å². The molecule has 0 bridgehead atoms. The average Bonchev–Trinajstić information content (AvgIpc) is 2.98. The summed E-state index contributed by atoms with van der Waals surface area (Å²) in [6.45, 7) is 0.636. The van der Waals surface area contributed by atoms with Gasteiger partial charge in [0.2, 0.25) is 11.8 Å². The first-order valence-corrected chi connectivity index (χ1v) is 7.84. The zero-order valence-corrected chi connectivity index (χ0v) is 13.5. The molecule has 1 saturated heterocycles. The third kappa shape index (κ3) is 3.54. The van der Waals surface area contributed by atoms with Crippen molar-refractivity contribution in [2.75, 3.05) is 11.4 Å². The number of amides is 2. The number of rotatable bonds is 4. The lowest BCUT2D eigenvalue weighted by Crippen LogP contribution is -2.32. The number of aromatic nitrogens is 1. The van der Waals surface area contributed by atoms with E-state index in [2.05, 4.69) is 10.3 Å². The first-order chi connectivity index (χ1) is 11.5. The van der Waals surface area contributed by atoms with Gasteiger partial charge in [-0.2, -0.15) is 0 Å². The Hall–Kier alpha value is -2.47. The second-order valence-electron chi connectivity index (χ2n) is 5.58. The number of carbonyl (C=O) groups is 2. The van der Waals surface area contributed by atoms with Crippen molar-refractivity contribution in [1.29, 1.82) is 0 Å². The normalized spacial score (nSPS) is 17.2. The number of carbonyl (C=O) groups excluding carboxylic acids is 2. The summed E-state index contributed by atoms with van der Waals surface area (Å²) in [5.74, 6) is -1.35. The quantitative estimate of drug-likeness (QED) is 0.924. The molecular weight excluding hydrogens is 333 g/mol. The second kappa shape index (κ2) is 6.97. The Morgan fingerprint density at radius 1 is 1.33 bits per heavy atom. The van der Waals surface area contributed by atoms with Gasteiger partial charge in [0.15, 0.2) is 0 Å². The summed E-state index contributed by atoms with van der Waals surface area (Å²) in [5, 5.41) is 2.77. The van der Waals surface area contributed by atoms with E-state index in [0.717, 1.165) is 5.56 Å². The van der Waals surface area contributed by atoms with Gasteiger partial charge in [0.05, 0.1) is 10.9 Å². The van der Waals surface area contributed by atoms with Gasteiger partial charge in [-0.3, -0.25) is 14.6 Å². The fourth-order valence-corrected chi connectivity index (χ4v) is 2.79. The van der Waals surface area contributed by atoms with Crippen LogP contribution in [-0.2, 0) is 16.1 Å². The lowest BCUT2D eigenvalue weighted by Gasteiger charge is -2.17. The van der Waals surface area contributed by atoms with Crippen molar-refractivity contribution in [2.24, 2.45) is 5.92 Å². The number of nitrogens with zero attached hydrogens (tertiary/aromatic N) is 2. The summed E-state index contributed by atoms with van der Waals surface area (Å²) in [6, 6.07) is 7.71. The third-order valence-corrected chi connectivity index (χ3v) is 4.22. The molecule has 1 atom stereocenters. The van der Waals surface area contributed by atoms with Crippen LogP contribution >= 0.6 is 11.6 Å². The molecule has 7 heteroatoms. The van der Waals surface area contributed by atoms with Crippen LogP contribution in [-0.4, -0.2) is 23.3 Å². The molecule has 2 amide bonds. The number of halogens is 2. The van der Waals surface area contributed by atoms with Gasteiger partial charge in [-0.05, 0) is 35.9 Å². The highest BCUT2D eigenvalue weighted by atomic mass is 35.5. The van der Waals surface area contributed by atoms with E-state index in [1.165, 1.54) is 23.1 Å². The number of anilines is 1. The van der Waals surface area contributed by atoms with Crippen LogP contribution in [0, 0.1) is 11.7 Å². The highest BCUT2D eigenvalue weighted by molar-refractivity contribution is 6.31. The molecule has 1 aromatic heterocycles. The first-order valence-electron chi connectivity index (χ1n) is 7.46. The molecule has 1 N–H and O–H groups in total. The summed E-state index contributed by atoms with van der Waals surface area (Å²) < 4.78 is 13.2. The van der Waals surface area contributed by atoms with E-state index < -0.39 is 11.7 Å². The molecular formula is C17H15ClFN3O2. The maximum atomic E-state index is 13.2. The minimum Gasteiger partial charge on any atom is -0.352 e. The molecule has 124 valence electrons. The van der Waals surface area contributed by atoms with Crippen molar-refractivity contribution in [3.63, 3.8) is 0 Å². The van der Waals surface area contributed by atoms with Gasteiger partial charge in [-0.25, -0.2) is 4.39 Å². The Morgan fingerprint density at radius 2 is 2.08 bits per heavy atom. The van der Waals surface area contributed by atoms with E-state index in [9.17, 15) is 14.0 Å². The van der Waals surface area contributed by atoms with Crippen molar-refractivity contribution in [1.82, 2.24) is 10.3 Å². The van der Waals surface area contributed by atoms with E-state index in [4.69, 9.17) is 11.6 Å². The largest absolute Gasteiger partial charge is 0.352 e. The van der Waals surface area contributed by atoms with Crippen molar-refractivity contribution < 1.29 is 14.0 Å². The molecule has 0 saturated carbocycles. The van der Waals surface area contributed by atoms with Crippen molar-refractivity contribution in [3.8, 4) is 0 Å². The monoisotopic (exact) mass is 347 g/mol. The summed E-state index contributed by atoms with van der Waals surface area (Å²) in [6.07, 6.45) is 3.43. The van der Waals surface area contributed by atoms with Gasteiger partial charge >= 0.3 is 0 Å². The molecule has 2 heterocycles. The van der Waals surface area contributed by atoms with E-state index in [1.54, 1.807) is 12.4 Å². The minimum absolute atomic E-state index is 0.0501. The molecule has 5 nitrogen and oxygen atoms in total. The molecule has 0 radical (unpaired) electrons. The molecule has 24 heavy (non-hydrogen) atoms. The number of benzene rings is 1. The van der Waals surface area contributed by atoms with E-state index in [1.807, 2.05) is 12.1 Å². The predicted molar refractivity (Wildman–Crippen MR) is 88.0 cm³/mol. The summed E-state index contributed by atoms with van der Waals surface area (Å²) in [7, 11) is 0. The maximum absolute atomic E-state index is 13.2. The number of nitrogens with one attached hydrogen (secondary N) is 1. The summed E-state index contributed by atoms with van der Waals surface area (Å²) in [5.41, 5.74) is 1.43. The zero-order chi connectivity index (χ0) is 17.1. The minimum atomic E-state index is -0.543. The Balaban J connectivity index is 1.63. The predicted octanol–water partition coefficient (Wildman–Crippen LogP) is 2.54. The Labute approximate surface area is 143 Å². The van der Waals surface area contributed by atoms with Crippen molar-refractivity contribution in [2.45, 2.75) is 13.0 Å². The van der Waals surface area contributed by atoms with Gasteiger partial charge < -0.3 is 10.2 Å². The van der Waals surface area contributed by atoms with E-state index in [0.29, 0.717) is 12.2 Å². The SMILES string of the molecule is O=C(NCc1ccncc1)[C@H]1CC(=O)N(c2ccc(F)c(Cl)c2)C1. The van der Waals surface area contributed by atoms with Gasteiger partial charge in [0, 0.05) is 37.6 Å². The van der Waals surface area contributed by atoms with Crippen LogP contribution < -0.4 is 10.2 Å². The molecule has 1 aromatic carbocycles. The van der Waals surface area contributed by atoms with Crippen LogP contribution in [0.25, 0.3) is 0 Å². The lowest BCUT2D eigenvalue weighted by molar-refractivity contribution is -0.126.